The van der Waals surface area contributed by atoms with E-state index in [2.05, 4.69) is 5.32 Å². The number of urea groups is 1. The lowest BCUT2D eigenvalue weighted by atomic mass is 10.1. The number of nitrogens with zero attached hydrogens (tertiary/aromatic N) is 1. The fraction of sp³-hybridized carbons (Fsp3) is 0.211. The monoisotopic (exact) mass is 385 g/mol. The summed E-state index contributed by atoms with van der Waals surface area (Å²) in [4.78, 5) is 45.9. The molecule has 28 heavy (non-hydrogen) atoms. The van der Waals surface area contributed by atoms with Crippen LogP contribution in [0, 0.1) is 30.9 Å². The zero-order valence-corrected chi connectivity index (χ0v) is 15.6. The molecule has 0 aliphatic heterocycles. The maximum Gasteiger partial charge on any atom is 0.338 e. The van der Waals surface area contributed by atoms with Gasteiger partial charge in [-0.2, -0.15) is 0 Å². The maximum absolute atomic E-state index is 12.0. The Balaban J connectivity index is 1.89. The first kappa shape index (κ1) is 20.6. The van der Waals surface area contributed by atoms with Crippen LogP contribution in [-0.4, -0.2) is 29.4 Å². The van der Waals surface area contributed by atoms with Crippen molar-refractivity contribution in [1.29, 1.82) is 0 Å². The molecular formula is C19H19N3O6. The predicted molar refractivity (Wildman–Crippen MR) is 101 cm³/mol. The summed E-state index contributed by atoms with van der Waals surface area (Å²) in [6.45, 7) is 4.56. The van der Waals surface area contributed by atoms with E-state index in [4.69, 9.17) is 4.74 Å². The molecule has 2 aromatic rings. The van der Waals surface area contributed by atoms with Crippen LogP contribution in [-0.2, 0) is 9.53 Å². The maximum atomic E-state index is 12.0. The molecule has 0 saturated heterocycles. The van der Waals surface area contributed by atoms with E-state index in [1.807, 2.05) is 31.3 Å². The third-order valence-corrected chi connectivity index (χ3v) is 3.86. The van der Waals surface area contributed by atoms with Gasteiger partial charge in [0, 0.05) is 17.3 Å². The molecule has 0 saturated carbocycles. The van der Waals surface area contributed by atoms with Crippen LogP contribution in [0.4, 0.5) is 16.2 Å². The Labute approximate surface area is 160 Å². The summed E-state index contributed by atoms with van der Waals surface area (Å²) in [6, 6.07) is 8.47. The number of anilines is 1. The van der Waals surface area contributed by atoms with Crippen molar-refractivity contribution in [3.63, 3.8) is 0 Å². The quantitative estimate of drug-likeness (QED) is 0.463. The number of nitro groups is 1. The van der Waals surface area contributed by atoms with Gasteiger partial charge in [0.05, 0.1) is 10.5 Å². The minimum absolute atomic E-state index is 0.0650. The molecule has 0 aromatic heterocycles. The summed E-state index contributed by atoms with van der Waals surface area (Å²) < 4.78 is 4.80. The SMILES string of the molecule is Cc1ccc(NC(=O)NC(=O)COC(=O)c2ccc(C)c([N+](=O)[O-])c2)c(C)c1. The molecular weight excluding hydrogens is 366 g/mol. The lowest BCUT2D eigenvalue weighted by Crippen LogP contribution is -2.37. The molecule has 0 bridgehead atoms. The molecule has 9 heteroatoms. The molecule has 0 heterocycles. The first-order valence-electron chi connectivity index (χ1n) is 8.27. The number of carbonyl (C=O) groups excluding carboxylic acids is 3. The molecule has 0 fully saturated rings. The number of hydrogen-bond donors (Lipinski definition) is 2. The minimum Gasteiger partial charge on any atom is -0.452 e. The Morgan fingerprint density at radius 2 is 1.75 bits per heavy atom. The zero-order valence-electron chi connectivity index (χ0n) is 15.6. The van der Waals surface area contributed by atoms with Crippen molar-refractivity contribution in [2.45, 2.75) is 20.8 Å². The third-order valence-electron chi connectivity index (χ3n) is 3.86. The van der Waals surface area contributed by atoms with Gasteiger partial charge in [0.25, 0.3) is 11.6 Å². The number of carbonyl (C=O) groups is 3. The Bertz CT molecular complexity index is 955. The van der Waals surface area contributed by atoms with Crippen LogP contribution in [0.2, 0.25) is 0 Å². The Kier molecular flexibility index (Phi) is 6.43. The number of hydrogen-bond acceptors (Lipinski definition) is 6. The fourth-order valence-electron chi connectivity index (χ4n) is 2.42. The first-order valence-corrected chi connectivity index (χ1v) is 8.27. The number of nitrogens with one attached hydrogen (secondary N) is 2. The molecule has 3 amide bonds. The summed E-state index contributed by atoms with van der Waals surface area (Å²) in [6.07, 6.45) is 0. The highest BCUT2D eigenvalue weighted by molar-refractivity contribution is 6.02. The molecule has 0 atom stereocenters. The van der Waals surface area contributed by atoms with Gasteiger partial charge >= 0.3 is 12.0 Å². The molecule has 2 aromatic carbocycles. The summed E-state index contributed by atoms with van der Waals surface area (Å²) in [5.41, 5.74) is 2.50. The minimum atomic E-state index is -0.909. The Morgan fingerprint density at radius 3 is 2.39 bits per heavy atom. The van der Waals surface area contributed by atoms with Crippen molar-refractivity contribution in [3.05, 3.63) is 68.8 Å². The van der Waals surface area contributed by atoms with E-state index in [0.29, 0.717) is 11.3 Å². The Hall–Kier alpha value is -3.75. The number of esters is 1. The van der Waals surface area contributed by atoms with Crippen LogP contribution in [0.3, 0.4) is 0 Å². The summed E-state index contributed by atoms with van der Waals surface area (Å²) >= 11 is 0. The number of benzene rings is 2. The van der Waals surface area contributed by atoms with E-state index in [1.165, 1.54) is 19.1 Å². The van der Waals surface area contributed by atoms with Gasteiger partial charge < -0.3 is 10.1 Å². The second kappa shape index (κ2) is 8.76. The molecule has 0 aliphatic rings. The summed E-state index contributed by atoms with van der Waals surface area (Å²) in [5, 5.41) is 15.5. The van der Waals surface area contributed by atoms with E-state index >= 15 is 0 Å². The topological polar surface area (TPSA) is 128 Å². The van der Waals surface area contributed by atoms with Crippen LogP contribution in [0.15, 0.2) is 36.4 Å². The van der Waals surface area contributed by atoms with Gasteiger partial charge in [-0.25, -0.2) is 9.59 Å². The normalized spacial score (nSPS) is 10.1. The number of amides is 3. The van der Waals surface area contributed by atoms with Crippen molar-refractivity contribution in [1.82, 2.24) is 5.32 Å². The number of rotatable bonds is 5. The number of ether oxygens (including phenoxy) is 1. The van der Waals surface area contributed by atoms with E-state index < -0.39 is 29.4 Å². The van der Waals surface area contributed by atoms with Gasteiger partial charge in [0.1, 0.15) is 0 Å². The summed E-state index contributed by atoms with van der Waals surface area (Å²) in [5.74, 6) is -1.75. The van der Waals surface area contributed by atoms with Gasteiger partial charge in [-0.3, -0.25) is 20.2 Å². The molecule has 0 spiro atoms. The molecule has 9 nitrogen and oxygen atoms in total. The van der Waals surface area contributed by atoms with E-state index in [-0.39, 0.29) is 11.3 Å². The van der Waals surface area contributed by atoms with Gasteiger partial charge in [0.15, 0.2) is 6.61 Å². The molecule has 2 N–H and O–H groups in total. The highest BCUT2D eigenvalue weighted by Gasteiger charge is 2.17. The third kappa shape index (κ3) is 5.37. The Morgan fingerprint density at radius 1 is 1.04 bits per heavy atom. The van der Waals surface area contributed by atoms with Gasteiger partial charge in [-0.1, -0.05) is 23.8 Å². The van der Waals surface area contributed by atoms with Crippen molar-refractivity contribution in [2.24, 2.45) is 0 Å². The first-order chi connectivity index (χ1) is 13.2. The smallest absolute Gasteiger partial charge is 0.338 e. The van der Waals surface area contributed by atoms with Crippen molar-refractivity contribution in [3.8, 4) is 0 Å². The second-order valence-electron chi connectivity index (χ2n) is 6.16. The zero-order chi connectivity index (χ0) is 20.8. The average Bonchev–Trinajstić information content (AvgIpc) is 2.62. The largest absolute Gasteiger partial charge is 0.452 e. The van der Waals surface area contributed by atoms with Crippen LogP contribution in [0.25, 0.3) is 0 Å². The van der Waals surface area contributed by atoms with Gasteiger partial charge in [-0.05, 0) is 38.5 Å². The average molecular weight is 385 g/mol. The van der Waals surface area contributed by atoms with Crippen molar-refractivity contribution < 1.29 is 24.0 Å². The lowest BCUT2D eigenvalue weighted by Gasteiger charge is -2.10. The van der Waals surface area contributed by atoms with E-state index in [9.17, 15) is 24.5 Å². The molecule has 146 valence electrons. The highest BCUT2D eigenvalue weighted by atomic mass is 16.6. The van der Waals surface area contributed by atoms with Crippen molar-refractivity contribution >= 4 is 29.3 Å². The number of imide groups is 1. The van der Waals surface area contributed by atoms with Crippen LogP contribution < -0.4 is 10.6 Å². The van der Waals surface area contributed by atoms with E-state index in [0.717, 1.165) is 17.2 Å². The molecule has 2 rings (SSSR count). The second-order valence-corrected chi connectivity index (χ2v) is 6.16. The van der Waals surface area contributed by atoms with Crippen molar-refractivity contribution in [2.75, 3.05) is 11.9 Å². The summed E-state index contributed by atoms with van der Waals surface area (Å²) in [7, 11) is 0. The number of nitro benzene ring substituents is 1. The van der Waals surface area contributed by atoms with Crippen LogP contribution in [0.5, 0.6) is 0 Å². The number of aryl methyl sites for hydroxylation is 3. The van der Waals surface area contributed by atoms with Crippen LogP contribution >= 0.6 is 0 Å². The standard InChI is InChI=1S/C19H19N3O6/c1-11-4-7-15(13(3)8-11)20-19(25)21-17(23)10-28-18(24)14-6-5-12(2)16(9-14)22(26)27/h4-9H,10H2,1-3H3,(H2,20,21,23,25). The van der Waals surface area contributed by atoms with E-state index in [1.54, 1.807) is 6.07 Å². The van der Waals surface area contributed by atoms with Gasteiger partial charge in [-0.15, -0.1) is 0 Å². The molecule has 0 radical (unpaired) electrons. The molecule has 0 unspecified atom stereocenters. The van der Waals surface area contributed by atoms with Gasteiger partial charge in [0.2, 0.25) is 0 Å². The highest BCUT2D eigenvalue weighted by Crippen LogP contribution is 2.19. The van der Waals surface area contributed by atoms with Crippen LogP contribution in [0.1, 0.15) is 27.0 Å². The molecule has 0 aliphatic carbocycles. The predicted octanol–water partition coefficient (Wildman–Crippen LogP) is 3.03. The fourth-order valence-corrected chi connectivity index (χ4v) is 2.42. The lowest BCUT2D eigenvalue weighted by molar-refractivity contribution is -0.385.